The zero-order chi connectivity index (χ0) is 15.1. The molecule has 0 aliphatic heterocycles. The van der Waals surface area contributed by atoms with Crippen LogP contribution in [0.3, 0.4) is 0 Å². The second kappa shape index (κ2) is 15.4. The van der Waals surface area contributed by atoms with E-state index < -0.39 is 0 Å². The van der Waals surface area contributed by atoms with Crippen molar-refractivity contribution in [1.82, 2.24) is 4.90 Å². The first-order valence-corrected chi connectivity index (χ1v) is 7.47. The Labute approximate surface area is 119 Å². The van der Waals surface area contributed by atoms with Crippen molar-refractivity contribution < 1.29 is 14.3 Å². The summed E-state index contributed by atoms with van der Waals surface area (Å²) in [6, 6.07) is 0. The molecule has 0 atom stereocenters. The van der Waals surface area contributed by atoms with Gasteiger partial charge in [-0.2, -0.15) is 0 Å². The maximum atomic E-state index is 11.5. The van der Waals surface area contributed by atoms with Crippen LogP contribution in [0.15, 0.2) is 0 Å². The molecule has 0 bridgehead atoms. The maximum absolute atomic E-state index is 11.5. The number of nitrogens with zero attached hydrogens (tertiary/aromatic N) is 1. The molecule has 0 spiro atoms. The highest BCUT2D eigenvalue weighted by atomic mass is 16.5. The number of hydrogen-bond donors (Lipinski definition) is 0. The van der Waals surface area contributed by atoms with Gasteiger partial charge in [0.25, 0.3) is 0 Å². The van der Waals surface area contributed by atoms with E-state index >= 15 is 0 Å². The molecule has 0 aromatic rings. The molecule has 0 saturated heterocycles. The normalized spacial score (nSPS) is 10.1. The fourth-order valence-electron chi connectivity index (χ4n) is 1.35. The molecule has 19 heavy (non-hydrogen) atoms. The van der Waals surface area contributed by atoms with E-state index in [0.717, 1.165) is 19.6 Å². The molecular formula is C15H33NO3. The van der Waals surface area contributed by atoms with Gasteiger partial charge in [0, 0.05) is 20.2 Å². The number of ether oxygens (including phenoxy) is 2. The summed E-state index contributed by atoms with van der Waals surface area (Å²) in [7, 11) is 1.83. The van der Waals surface area contributed by atoms with Crippen LogP contribution >= 0.6 is 0 Å². The Balaban J connectivity index is 0. The number of amides is 1. The van der Waals surface area contributed by atoms with E-state index in [1.54, 1.807) is 4.90 Å². The number of hydrogen-bond acceptors (Lipinski definition) is 3. The highest BCUT2D eigenvalue weighted by molar-refractivity contribution is 5.75. The van der Waals surface area contributed by atoms with E-state index in [0.29, 0.717) is 32.2 Å². The summed E-state index contributed by atoms with van der Waals surface area (Å²) >= 11 is 0. The van der Waals surface area contributed by atoms with E-state index in [2.05, 4.69) is 20.8 Å². The second-order valence-corrected chi connectivity index (χ2v) is 4.65. The first-order valence-electron chi connectivity index (χ1n) is 7.47. The van der Waals surface area contributed by atoms with Crippen molar-refractivity contribution in [3.8, 4) is 0 Å². The van der Waals surface area contributed by atoms with E-state index in [4.69, 9.17) is 9.47 Å². The highest BCUT2D eigenvalue weighted by Crippen LogP contribution is 1.95. The minimum Gasteiger partial charge on any atom is -0.379 e. The van der Waals surface area contributed by atoms with Gasteiger partial charge in [0.1, 0.15) is 0 Å². The van der Waals surface area contributed by atoms with Gasteiger partial charge < -0.3 is 14.4 Å². The molecule has 4 heteroatoms. The summed E-state index contributed by atoms with van der Waals surface area (Å²) in [6.45, 7) is 13.5. The van der Waals surface area contributed by atoms with Crippen molar-refractivity contribution in [2.24, 2.45) is 5.92 Å². The predicted molar refractivity (Wildman–Crippen MR) is 80.4 cm³/mol. The highest BCUT2D eigenvalue weighted by Gasteiger charge is 2.06. The SMILES string of the molecule is CC.CCCN(C)C(=O)CCOCCOCC(C)C. The van der Waals surface area contributed by atoms with Gasteiger partial charge in [-0.15, -0.1) is 0 Å². The Hall–Kier alpha value is -0.610. The molecule has 0 saturated carbocycles. The van der Waals surface area contributed by atoms with Gasteiger partial charge in [0.05, 0.1) is 26.2 Å². The molecule has 4 nitrogen and oxygen atoms in total. The van der Waals surface area contributed by atoms with Crippen LogP contribution in [-0.4, -0.2) is 50.8 Å². The number of rotatable bonds is 10. The third-order valence-electron chi connectivity index (χ3n) is 2.27. The van der Waals surface area contributed by atoms with Crippen LogP contribution in [0.25, 0.3) is 0 Å². The summed E-state index contributed by atoms with van der Waals surface area (Å²) in [5.74, 6) is 0.703. The van der Waals surface area contributed by atoms with Gasteiger partial charge in [-0.25, -0.2) is 0 Å². The molecule has 0 rings (SSSR count). The molecule has 0 aromatic heterocycles. The summed E-state index contributed by atoms with van der Waals surface area (Å²) in [6.07, 6.45) is 1.45. The zero-order valence-electron chi connectivity index (χ0n) is 13.7. The lowest BCUT2D eigenvalue weighted by Gasteiger charge is -2.15. The third kappa shape index (κ3) is 15.3. The lowest BCUT2D eigenvalue weighted by atomic mass is 10.2. The smallest absolute Gasteiger partial charge is 0.224 e. The number of carbonyl (C=O) groups is 1. The van der Waals surface area contributed by atoms with Crippen molar-refractivity contribution in [3.05, 3.63) is 0 Å². The Bertz CT molecular complexity index is 196. The van der Waals surface area contributed by atoms with Crippen LogP contribution in [0.2, 0.25) is 0 Å². The minimum absolute atomic E-state index is 0.148. The molecule has 0 radical (unpaired) electrons. The monoisotopic (exact) mass is 275 g/mol. The Morgan fingerprint density at radius 1 is 1.11 bits per heavy atom. The fourth-order valence-corrected chi connectivity index (χ4v) is 1.35. The first-order chi connectivity index (χ1) is 9.07. The van der Waals surface area contributed by atoms with Crippen LogP contribution in [0.1, 0.15) is 47.5 Å². The van der Waals surface area contributed by atoms with E-state index in [-0.39, 0.29) is 5.91 Å². The van der Waals surface area contributed by atoms with Crippen molar-refractivity contribution in [2.75, 3.05) is 40.0 Å². The summed E-state index contributed by atoms with van der Waals surface area (Å²) < 4.78 is 10.7. The van der Waals surface area contributed by atoms with Crippen LogP contribution in [0.4, 0.5) is 0 Å². The summed E-state index contributed by atoms with van der Waals surface area (Å²) in [5.41, 5.74) is 0. The van der Waals surface area contributed by atoms with Crippen molar-refractivity contribution in [2.45, 2.75) is 47.5 Å². The average molecular weight is 275 g/mol. The summed E-state index contributed by atoms with van der Waals surface area (Å²) in [4.78, 5) is 13.3. The molecule has 0 aromatic carbocycles. The van der Waals surface area contributed by atoms with Gasteiger partial charge in [-0.05, 0) is 12.3 Å². The van der Waals surface area contributed by atoms with E-state index in [9.17, 15) is 4.79 Å². The standard InChI is InChI=1S/C13H27NO3.C2H6/c1-5-7-14(4)13(15)6-8-16-9-10-17-11-12(2)3;1-2/h12H,5-11H2,1-4H3;1-2H3. The quantitative estimate of drug-likeness (QED) is 0.575. The minimum atomic E-state index is 0.148. The number of carbonyl (C=O) groups excluding carboxylic acids is 1. The van der Waals surface area contributed by atoms with Crippen molar-refractivity contribution in [1.29, 1.82) is 0 Å². The lowest BCUT2D eigenvalue weighted by molar-refractivity contribution is -0.131. The zero-order valence-corrected chi connectivity index (χ0v) is 13.7. The van der Waals surface area contributed by atoms with Gasteiger partial charge in [-0.1, -0.05) is 34.6 Å². The maximum Gasteiger partial charge on any atom is 0.224 e. The Kier molecular flexibility index (Phi) is 16.8. The molecule has 116 valence electrons. The van der Waals surface area contributed by atoms with Crippen LogP contribution < -0.4 is 0 Å². The lowest BCUT2D eigenvalue weighted by Crippen LogP contribution is -2.28. The molecule has 0 N–H and O–H groups in total. The average Bonchev–Trinajstić information content (AvgIpc) is 2.39. The predicted octanol–water partition coefficient (Wildman–Crippen LogP) is 2.96. The summed E-state index contributed by atoms with van der Waals surface area (Å²) in [5, 5.41) is 0. The first kappa shape index (κ1) is 20.7. The van der Waals surface area contributed by atoms with E-state index in [1.807, 2.05) is 20.9 Å². The van der Waals surface area contributed by atoms with Gasteiger partial charge >= 0.3 is 0 Å². The second-order valence-electron chi connectivity index (χ2n) is 4.65. The molecule has 0 fully saturated rings. The van der Waals surface area contributed by atoms with Crippen molar-refractivity contribution in [3.63, 3.8) is 0 Å². The molecule has 0 heterocycles. The van der Waals surface area contributed by atoms with Gasteiger partial charge in [0.15, 0.2) is 0 Å². The molecule has 0 unspecified atom stereocenters. The molecule has 0 aliphatic rings. The van der Waals surface area contributed by atoms with E-state index in [1.165, 1.54) is 0 Å². The van der Waals surface area contributed by atoms with Crippen LogP contribution in [0.5, 0.6) is 0 Å². The topological polar surface area (TPSA) is 38.8 Å². The third-order valence-corrected chi connectivity index (χ3v) is 2.27. The molecule has 1 amide bonds. The van der Waals surface area contributed by atoms with Gasteiger partial charge in [-0.3, -0.25) is 4.79 Å². The van der Waals surface area contributed by atoms with Gasteiger partial charge in [0.2, 0.25) is 5.91 Å². The molecular weight excluding hydrogens is 242 g/mol. The van der Waals surface area contributed by atoms with Crippen molar-refractivity contribution >= 4 is 5.91 Å². The Morgan fingerprint density at radius 2 is 1.68 bits per heavy atom. The van der Waals surface area contributed by atoms with Crippen LogP contribution in [0, 0.1) is 5.92 Å². The largest absolute Gasteiger partial charge is 0.379 e. The van der Waals surface area contributed by atoms with Crippen LogP contribution in [-0.2, 0) is 14.3 Å². The Morgan fingerprint density at radius 3 is 2.21 bits per heavy atom. The molecule has 0 aliphatic carbocycles. The fraction of sp³-hybridized carbons (Fsp3) is 0.933.